The number of nitrogens with zero attached hydrogens (tertiary/aromatic N) is 2. The minimum absolute atomic E-state index is 0.00249. The van der Waals surface area contributed by atoms with Gasteiger partial charge in [-0.05, 0) is 47.2 Å². The molecule has 0 aliphatic carbocycles. The molecule has 4 aliphatic rings. The second-order valence-corrected chi connectivity index (χ2v) is 13.4. The summed E-state index contributed by atoms with van der Waals surface area (Å²) in [5, 5.41) is 83.8. The SMILES string of the molecule is CC(C)c1ccc2c(c1)/C(=C1\C(=O)N([C@@H]3O[C@H](CO)[C@@H](O)[C@H](O)[C@@H]3O)c3ccc(C(C)C)cc31)C(=O)N2[C@@H]1O[C@H](CO)[C@@H](O)[C@H](O)[C@@H]1O. The zero-order chi connectivity index (χ0) is 34.9. The number of anilines is 2. The highest BCUT2D eigenvalue weighted by Crippen LogP contribution is 2.50. The molecule has 14 nitrogen and oxygen atoms in total. The lowest BCUT2D eigenvalue weighted by Crippen LogP contribution is -2.64. The van der Waals surface area contributed by atoms with Crippen LogP contribution in [0.1, 0.15) is 61.8 Å². The van der Waals surface area contributed by atoms with E-state index in [1.165, 1.54) is 0 Å². The van der Waals surface area contributed by atoms with Crippen LogP contribution in [0.2, 0.25) is 0 Å². The topological polar surface area (TPSA) is 221 Å². The molecule has 8 N–H and O–H groups in total. The predicted molar refractivity (Wildman–Crippen MR) is 170 cm³/mol. The van der Waals surface area contributed by atoms with Crippen LogP contribution in [-0.2, 0) is 19.1 Å². The molecule has 0 unspecified atom stereocenters. The van der Waals surface area contributed by atoms with Crippen molar-refractivity contribution in [2.24, 2.45) is 0 Å². The van der Waals surface area contributed by atoms with Crippen LogP contribution in [0, 0.1) is 0 Å². The summed E-state index contributed by atoms with van der Waals surface area (Å²) in [7, 11) is 0. The van der Waals surface area contributed by atoms with Crippen LogP contribution in [0.15, 0.2) is 36.4 Å². The predicted octanol–water partition coefficient (Wildman–Crippen LogP) is -0.863. The summed E-state index contributed by atoms with van der Waals surface area (Å²) in [6.45, 7) is 6.38. The van der Waals surface area contributed by atoms with Gasteiger partial charge in [-0.15, -0.1) is 0 Å². The maximum atomic E-state index is 14.7. The second kappa shape index (κ2) is 12.9. The smallest absolute Gasteiger partial charge is 0.262 e. The quantitative estimate of drug-likeness (QED) is 0.176. The lowest BCUT2D eigenvalue weighted by Gasteiger charge is -2.43. The maximum absolute atomic E-state index is 14.7. The number of rotatable bonds is 6. The Hall–Kier alpha value is -3.28. The maximum Gasteiger partial charge on any atom is 0.262 e. The molecular weight excluding hydrogens is 628 g/mol. The molecule has 0 spiro atoms. The van der Waals surface area contributed by atoms with E-state index < -0.39 is 86.3 Å². The van der Waals surface area contributed by atoms with Gasteiger partial charge in [0.15, 0.2) is 12.5 Å². The number of carbonyl (C=O) groups excluding carboxylic acids is 2. The second-order valence-electron chi connectivity index (χ2n) is 13.4. The highest BCUT2D eigenvalue weighted by Gasteiger charge is 2.54. The standard InChI is InChI=1S/C34H42N2O12/c1-13(2)15-5-7-19-17(9-15)23(31(45)35(19)33-29(43)27(41)25(39)21(11-37)47-33)24-18-10-16(14(3)4)6-8-20(18)36(32(24)46)34-30(44)28(42)26(40)22(12-38)48-34/h5-10,13-14,21-22,25-30,33-34,37-44H,11-12H2,1-4H3/b24-23+/t21-,22-,25-,26-,27+,28+,29+,30+,33-,34-/m1/s1. The Kier molecular flexibility index (Phi) is 9.28. The monoisotopic (exact) mass is 670 g/mol. The van der Waals surface area contributed by atoms with Gasteiger partial charge in [0.25, 0.3) is 11.8 Å². The van der Waals surface area contributed by atoms with E-state index in [1.807, 2.05) is 27.7 Å². The van der Waals surface area contributed by atoms with Gasteiger partial charge in [0.2, 0.25) is 0 Å². The molecule has 48 heavy (non-hydrogen) atoms. The number of aliphatic hydroxyl groups excluding tert-OH is 8. The van der Waals surface area contributed by atoms with Crippen molar-refractivity contribution in [1.82, 2.24) is 0 Å². The van der Waals surface area contributed by atoms with Gasteiger partial charge in [0.1, 0.15) is 48.8 Å². The van der Waals surface area contributed by atoms with Crippen molar-refractivity contribution in [2.45, 2.75) is 101 Å². The van der Waals surface area contributed by atoms with Crippen LogP contribution in [0.4, 0.5) is 11.4 Å². The molecule has 4 heterocycles. The van der Waals surface area contributed by atoms with Crippen LogP contribution >= 0.6 is 0 Å². The first-order valence-corrected chi connectivity index (χ1v) is 16.0. The molecular formula is C34H42N2O12. The van der Waals surface area contributed by atoms with Crippen LogP contribution in [0.5, 0.6) is 0 Å². The summed E-state index contributed by atoms with van der Waals surface area (Å²) in [6.07, 6.45) is -16.2. The van der Waals surface area contributed by atoms with Crippen molar-refractivity contribution in [3.63, 3.8) is 0 Å². The van der Waals surface area contributed by atoms with Crippen molar-refractivity contribution >= 4 is 34.3 Å². The molecule has 0 saturated carbocycles. The number of amides is 2. The molecule has 4 aliphatic heterocycles. The number of aliphatic hydroxyl groups is 8. The van der Waals surface area contributed by atoms with E-state index in [0.717, 1.165) is 20.9 Å². The van der Waals surface area contributed by atoms with E-state index in [9.17, 15) is 50.4 Å². The van der Waals surface area contributed by atoms with Gasteiger partial charge >= 0.3 is 0 Å². The summed E-state index contributed by atoms with van der Waals surface area (Å²) >= 11 is 0. The van der Waals surface area contributed by atoms with Crippen LogP contribution in [0.25, 0.3) is 11.1 Å². The van der Waals surface area contributed by atoms with Gasteiger partial charge in [0.05, 0.1) is 35.7 Å². The number of hydrogen-bond acceptors (Lipinski definition) is 12. The molecule has 14 heteroatoms. The molecule has 260 valence electrons. The minimum Gasteiger partial charge on any atom is -0.394 e. The minimum atomic E-state index is -1.79. The fourth-order valence-electron chi connectivity index (χ4n) is 6.92. The Morgan fingerprint density at radius 3 is 1.25 bits per heavy atom. The van der Waals surface area contributed by atoms with Gasteiger partial charge in [-0.25, -0.2) is 0 Å². The van der Waals surface area contributed by atoms with Crippen molar-refractivity contribution in [3.8, 4) is 0 Å². The van der Waals surface area contributed by atoms with E-state index in [1.54, 1.807) is 36.4 Å². The average Bonchev–Trinajstić information content (AvgIpc) is 3.50. The lowest BCUT2D eigenvalue weighted by molar-refractivity contribution is -0.228. The molecule has 2 aromatic carbocycles. The first-order valence-electron chi connectivity index (χ1n) is 16.0. The van der Waals surface area contributed by atoms with Gasteiger partial charge < -0.3 is 50.3 Å². The summed E-state index contributed by atoms with van der Waals surface area (Å²) in [5.41, 5.74) is 2.65. The molecule has 0 bridgehead atoms. The molecule has 2 amide bonds. The summed E-state index contributed by atoms with van der Waals surface area (Å²) in [5.74, 6) is -1.53. The summed E-state index contributed by atoms with van der Waals surface area (Å²) in [4.78, 5) is 31.6. The molecule has 2 aromatic rings. The van der Waals surface area contributed by atoms with Gasteiger partial charge in [-0.3, -0.25) is 19.4 Å². The summed E-state index contributed by atoms with van der Waals surface area (Å²) in [6, 6.07) is 10.3. The number of hydrogen-bond donors (Lipinski definition) is 8. The Morgan fingerprint density at radius 1 is 0.583 bits per heavy atom. The van der Waals surface area contributed by atoms with Crippen LogP contribution in [-0.4, -0.2) is 127 Å². The number of fused-ring (bicyclic) bond motifs is 2. The first-order chi connectivity index (χ1) is 22.7. The Labute approximate surface area is 276 Å². The summed E-state index contributed by atoms with van der Waals surface area (Å²) < 4.78 is 11.6. The average molecular weight is 671 g/mol. The third-order valence-electron chi connectivity index (χ3n) is 9.79. The fourth-order valence-corrected chi connectivity index (χ4v) is 6.92. The van der Waals surface area contributed by atoms with E-state index in [2.05, 4.69) is 0 Å². The van der Waals surface area contributed by atoms with Crippen LogP contribution in [0.3, 0.4) is 0 Å². The lowest BCUT2D eigenvalue weighted by atomic mass is 9.91. The van der Waals surface area contributed by atoms with Gasteiger partial charge in [-0.2, -0.15) is 0 Å². The van der Waals surface area contributed by atoms with Crippen molar-refractivity contribution in [2.75, 3.05) is 23.0 Å². The van der Waals surface area contributed by atoms with E-state index in [4.69, 9.17) is 9.47 Å². The Bertz CT molecular complexity index is 1510. The van der Waals surface area contributed by atoms with E-state index in [-0.39, 0.29) is 34.4 Å². The van der Waals surface area contributed by atoms with Gasteiger partial charge in [0, 0.05) is 11.1 Å². The van der Waals surface area contributed by atoms with Crippen molar-refractivity contribution < 1.29 is 59.9 Å². The normalized spacial score (nSPS) is 35.2. The molecule has 2 fully saturated rings. The first kappa shape index (κ1) is 34.6. The largest absolute Gasteiger partial charge is 0.394 e. The molecule has 2 saturated heterocycles. The number of carbonyl (C=O) groups is 2. The van der Waals surface area contributed by atoms with Crippen molar-refractivity contribution in [1.29, 1.82) is 0 Å². The number of ether oxygens (including phenoxy) is 2. The molecule has 6 rings (SSSR count). The van der Waals surface area contributed by atoms with E-state index >= 15 is 0 Å². The van der Waals surface area contributed by atoms with Crippen molar-refractivity contribution in [3.05, 3.63) is 58.7 Å². The third kappa shape index (κ3) is 5.28. The Balaban J connectivity index is 1.57. The van der Waals surface area contributed by atoms with Crippen LogP contribution < -0.4 is 9.80 Å². The third-order valence-corrected chi connectivity index (χ3v) is 9.79. The zero-order valence-electron chi connectivity index (χ0n) is 26.9. The Morgan fingerprint density at radius 2 is 0.938 bits per heavy atom. The zero-order valence-corrected chi connectivity index (χ0v) is 26.9. The molecule has 0 aromatic heterocycles. The van der Waals surface area contributed by atoms with E-state index in [0.29, 0.717) is 11.1 Å². The molecule has 0 radical (unpaired) electrons. The van der Waals surface area contributed by atoms with Gasteiger partial charge in [-0.1, -0.05) is 39.8 Å². The molecule has 10 atom stereocenters. The highest BCUT2D eigenvalue weighted by molar-refractivity contribution is 6.50. The highest BCUT2D eigenvalue weighted by atomic mass is 16.6. The number of benzene rings is 2. The fraction of sp³-hybridized carbons (Fsp3) is 0.529.